The van der Waals surface area contributed by atoms with Crippen molar-refractivity contribution >= 4 is 5.97 Å². The lowest BCUT2D eigenvalue weighted by molar-refractivity contribution is -0.172. The van der Waals surface area contributed by atoms with Gasteiger partial charge in [-0.2, -0.15) is 0 Å². The van der Waals surface area contributed by atoms with Crippen molar-refractivity contribution in [2.45, 2.75) is 118 Å². The van der Waals surface area contributed by atoms with E-state index in [1.807, 2.05) is 0 Å². The van der Waals surface area contributed by atoms with E-state index in [0.29, 0.717) is 28.6 Å². The third-order valence-corrected chi connectivity index (χ3v) is 12.3. The fraction of sp³-hybridized carbons (Fsp3) is 0.900. The molecule has 5 aliphatic carbocycles. The van der Waals surface area contributed by atoms with Crippen LogP contribution in [0.3, 0.4) is 0 Å². The third kappa shape index (κ3) is 3.12. The zero-order valence-corrected chi connectivity index (χ0v) is 22.4. The van der Waals surface area contributed by atoms with Crippen molar-refractivity contribution in [3.63, 3.8) is 0 Å². The molecule has 1 N–H and O–H groups in total. The highest BCUT2D eigenvalue weighted by molar-refractivity contribution is 5.78. The predicted octanol–water partition coefficient (Wildman–Crippen LogP) is 7.08. The maximum atomic E-state index is 13.2. The van der Waals surface area contributed by atoms with E-state index in [0.717, 1.165) is 44.9 Å². The van der Waals surface area contributed by atoms with Crippen LogP contribution in [0.5, 0.6) is 0 Å². The van der Waals surface area contributed by atoms with E-state index in [4.69, 9.17) is 4.74 Å². The molecule has 7 atom stereocenters. The lowest BCUT2D eigenvalue weighted by Crippen LogP contribution is -2.60. The summed E-state index contributed by atoms with van der Waals surface area (Å²) in [6, 6.07) is 0. The number of methoxy groups -OCH3 is 1. The maximum Gasteiger partial charge on any atom is 0.312 e. The van der Waals surface area contributed by atoms with Crippen LogP contribution in [0.2, 0.25) is 0 Å². The van der Waals surface area contributed by atoms with Gasteiger partial charge < -0.3 is 9.84 Å². The quantitative estimate of drug-likeness (QED) is 0.339. The summed E-state index contributed by atoms with van der Waals surface area (Å²) in [6.45, 7) is 14.6. The third-order valence-electron chi connectivity index (χ3n) is 12.3. The van der Waals surface area contributed by atoms with Gasteiger partial charge in [-0.05, 0) is 110 Å². The Morgan fingerprint density at radius 2 is 1.61 bits per heavy atom. The van der Waals surface area contributed by atoms with E-state index in [1.165, 1.54) is 25.7 Å². The molecule has 0 amide bonds. The minimum absolute atomic E-state index is 0.00296. The number of esters is 1. The second kappa shape index (κ2) is 7.34. The van der Waals surface area contributed by atoms with Crippen molar-refractivity contribution in [2.24, 2.45) is 44.8 Å². The normalized spacial score (nSPS) is 48.1. The number of fused-ring (bicyclic) bond motifs is 6. The largest absolute Gasteiger partial charge is 0.469 e. The summed E-state index contributed by atoms with van der Waals surface area (Å²) in [5.74, 6) is 1.71. The van der Waals surface area contributed by atoms with E-state index in [-0.39, 0.29) is 28.3 Å². The molecule has 0 radical (unpaired) electrons. The molecule has 0 bridgehead atoms. The van der Waals surface area contributed by atoms with Crippen molar-refractivity contribution in [2.75, 3.05) is 7.11 Å². The number of carbonyl (C=O) groups is 1. The fourth-order valence-electron chi connectivity index (χ4n) is 10.4. The number of ether oxygens (including phenoxy) is 1. The predicted molar refractivity (Wildman–Crippen MR) is 133 cm³/mol. The van der Waals surface area contributed by atoms with Crippen molar-refractivity contribution in [3.05, 3.63) is 11.1 Å². The number of rotatable bonds is 1. The number of hydrogen-bond donors (Lipinski definition) is 1. The van der Waals surface area contributed by atoms with Crippen LogP contribution in [-0.2, 0) is 9.53 Å². The van der Waals surface area contributed by atoms with E-state index in [9.17, 15) is 9.90 Å². The maximum absolute atomic E-state index is 13.2. The van der Waals surface area contributed by atoms with Gasteiger partial charge in [0.2, 0.25) is 0 Å². The van der Waals surface area contributed by atoms with Crippen molar-refractivity contribution < 1.29 is 14.6 Å². The van der Waals surface area contributed by atoms with E-state index in [1.54, 1.807) is 18.3 Å². The lowest BCUT2D eigenvalue weighted by Gasteiger charge is -2.66. The Bertz CT molecular complexity index is 868. The molecule has 186 valence electrons. The summed E-state index contributed by atoms with van der Waals surface area (Å²) >= 11 is 0. The standard InChI is InChI=1S/C30H48O3/c1-26(2)16-17-30(25(32)33-7)15-10-20-19(21(30)18-26)8-9-23-28(20,5)13-11-22-27(3,4)24(31)12-14-29(22,23)6/h21-24,31H,8-18H2,1-7H3/t21-,22-,23-,24-,28-,29-,30+/m1/s1. The molecule has 0 aromatic heterocycles. The first-order valence-corrected chi connectivity index (χ1v) is 13.8. The molecule has 0 aromatic rings. The molecule has 0 unspecified atom stereocenters. The Morgan fingerprint density at radius 1 is 0.879 bits per heavy atom. The zero-order valence-electron chi connectivity index (χ0n) is 22.4. The van der Waals surface area contributed by atoms with Gasteiger partial charge in [-0.3, -0.25) is 4.79 Å². The van der Waals surface area contributed by atoms with Gasteiger partial charge in [-0.1, -0.05) is 52.7 Å². The summed E-state index contributed by atoms with van der Waals surface area (Å²) in [4.78, 5) is 13.2. The van der Waals surface area contributed by atoms with E-state index in [2.05, 4.69) is 41.5 Å². The SMILES string of the molecule is COC(=O)[C@]12CCC3=C(CC[C@H]4[C@]5(C)CC[C@@H](O)C(C)(C)[C@H]5CC[C@]34C)[C@H]1CC(C)(C)CC2. The second-order valence-corrected chi connectivity index (χ2v) is 14.6. The average molecular weight is 457 g/mol. The van der Waals surface area contributed by atoms with Crippen LogP contribution in [0, 0.1) is 44.8 Å². The molecular formula is C30H48O3. The van der Waals surface area contributed by atoms with Crippen LogP contribution >= 0.6 is 0 Å². The van der Waals surface area contributed by atoms with E-state index >= 15 is 0 Å². The summed E-state index contributed by atoms with van der Waals surface area (Å²) in [5.41, 5.74) is 3.97. The number of carbonyl (C=O) groups excluding carboxylic acids is 1. The molecule has 5 aliphatic rings. The van der Waals surface area contributed by atoms with Crippen LogP contribution in [-0.4, -0.2) is 24.3 Å². The number of hydrogen-bond acceptors (Lipinski definition) is 3. The number of aliphatic hydroxyl groups is 1. The summed E-state index contributed by atoms with van der Waals surface area (Å²) in [6.07, 6.45) is 12.1. The van der Waals surface area contributed by atoms with Crippen molar-refractivity contribution in [1.82, 2.24) is 0 Å². The highest BCUT2D eigenvalue weighted by atomic mass is 16.5. The second-order valence-electron chi connectivity index (χ2n) is 14.6. The Kier molecular flexibility index (Phi) is 5.31. The van der Waals surface area contributed by atoms with Gasteiger partial charge in [-0.15, -0.1) is 0 Å². The molecule has 3 heteroatoms. The van der Waals surface area contributed by atoms with Crippen LogP contribution in [0.25, 0.3) is 0 Å². The molecule has 3 fully saturated rings. The molecule has 33 heavy (non-hydrogen) atoms. The zero-order chi connectivity index (χ0) is 24.0. The van der Waals surface area contributed by atoms with Crippen molar-refractivity contribution in [3.8, 4) is 0 Å². The molecule has 5 rings (SSSR count). The van der Waals surface area contributed by atoms with Gasteiger partial charge in [0.25, 0.3) is 0 Å². The van der Waals surface area contributed by atoms with Crippen LogP contribution < -0.4 is 0 Å². The Hall–Kier alpha value is -0.830. The first-order chi connectivity index (χ1) is 15.3. The van der Waals surface area contributed by atoms with E-state index < -0.39 is 0 Å². The highest BCUT2D eigenvalue weighted by Gasteiger charge is 2.64. The molecule has 0 spiro atoms. The Morgan fingerprint density at radius 3 is 2.30 bits per heavy atom. The van der Waals surface area contributed by atoms with Gasteiger partial charge in [0.1, 0.15) is 0 Å². The minimum atomic E-state index is -0.287. The summed E-state index contributed by atoms with van der Waals surface area (Å²) < 4.78 is 5.46. The lowest BCUT2D eigenvalue weighted by atomic mass is 9.38. The van der Waals surface area contributed by atoms with Gasteiger partial charge >= 0.3 is 5.97 Å². The topological polar surface area (TPSA) is 46.5 Å². The first-order valence-electron chi connectivity index (χ1n) is 13.8. The number of aliphatic hydroxyl groups excluding tert-OH is 1. The van der Waals surface area contributed by atoms with Gasteiger partial charge in [0.15, 0.2) is 0 Å². The van der Waals surface area contributed by atoms with Gasteiger partial charge in [0, 0.05) is 0 Å². The monoisotopic (exact) mass is 456 g/mol. The number of allylic oxidation sites excluding steroid dienone is 2. The molecular weight excluding hydrogens is 408 g/mol. The highest BCUT2D eigenvalue weighted by Crippen LogP contribution is 2.71. The Labute approximate surface area is 202 Å². The van der Waals surface area contributed by atoms with Crippen LogP contribution in [0.4, 0.5) is 0 Å². The van der Waals surface area contributed by atoms with Crippen LogP contribution in [0.1, 0.15) is 112 Å². The Balaban J connectivity index is 1.57. The minimum Gasteiger partial charge on any atom is -0.469 e. The summed E-state index contributed by atoms with van der Waals surface area (Å²) in [7, 11) is 1.59. The first kappa shape index (κ1) is 23.9. The average Bonchev–Trinajstić information content (AvgIpc) is 2.75. The molecule has 3 nitrogen and oxygen atoms in total. The molecule has 0 aromatic carbocycles. The molecule has 0 aliphatic heterocycles. The summed E-state index contributed by atoms with van der Waals surface area (Å²) in [5, 5.41) is 10.9. The van der Waals surface area contributed by atoms with Crippen molar-refractivity contribution in [1.29, 1.82) is 0 Å². The van der Waals surface area contributed by atoms with Gasteiger partial charge in [0.05, 0.1) is 18.6 Å². The smallest absolute Gasteiger partial charge is 0.312 e. The molecule has 0 saturated heterocycles. The molecule has 3 saturated carbocycles. The van der Waals surface area contributed by atoms with Gasteiger partial charge in [-0.25, -0.2) is 0 Å². The van der Waals surface area contributed by atoms with Crippen LogP contribution in [0.15, 0.2) is 11.1 Å². The molecule has 0 heterocycles. The fourth-order valence-corrected chi connectivity index (χ4v) is 10.4.